The van der Waals surface area contributed by atoms with Gasteiger partial charge in [0.25, 0.3) is 0 Å². The van der Waals surface area contributed by atoms with E-state index < -0.39 is 0 Å². The number of nitrogens with zero attached hydrogens (tertiary/aromatic N) is 1. The van der Waals surface area contributed by atoms with Crippen LogP contribution in [0, 0.1) is 5.92 Å². The van der Waals surface area contributed by atoms with Gasteiger partial charge in [-0.25, -0.2) is 0 Å². The molecule has 1 aliphatic carbocycles. The van der Waals surface area contributed by atoms with Crippen LogP contribution in [0.4, 0.5) is 0 Å². The lowest BCUT2D eigenvalue weighted by atomic mass is 10.1. The van der Waals surface area contributed by atoms with Gasteiger partial charge in [0.05, 0.1) is 19.4 Å². The summed E-state index contributed by atoms with van der Waals surface area (Å²) >= 11 is 0. The number of hydrogen-bond acceptors (Lipinski definition) is 4. The van der Waals surface area contributed by atoms with Gasteiger partial charge in [-0.1, -0.05) is 12.8 Å². The molecule has 1 heterocycles. The summed E-state index contributed by atoms with van der Waals surface area (Å²) < 4.78 is 4.51. The largest absolute Gasteiger partial charge is 0.469 e. The molecule has 20 heavy (non-hydrogen) atoms. The van der Waals surface area contributed by atoms with Gasteiger partial charge in [-0.05, 0) is 12.8 Å². The summed E-state index contributed by atoms with van der Waals surface area (Å²) in [5.74, 6) is -0.672. The molecule has 0 aromatic heterocycles. The SMILES string of the molecule is COC(=O)CCNC(=O)[C@@H]1CC(=O)N(C2CCCC2)C1. The van der Waals surface area contributed by atoms with Gasteiger partial charge < -0.3 is 15.0 Å². The third-order valence-corrected chi connectivity index (χ3v) is 4.15. The second-order valence-electron chi connectivity index (χ2n) is 5.50. The molecule has 112 valence electrons. The molecule has 0 bridgehead atoms. The third-order valence-electron chi connectivity index (χ3n) is 4.15. The number of rotatable bonds is 5. The Morgan fingerprint density at radius 2 is 2.05 bits per heavy atom. The predicted octanol–water partition coefficient (Wildman–Crippen LogP) is 0.457. The van der Waals surface area contributed by atoms with Gasteiger partial charge in [0.1, 0.15) is 0 Å². The Morgan fingerprint density at radius 3 is 2.70 bits per heavy atom. The molecule has 2 aliphatic rings. The molecular formula is C14H22N2O4. The normalized spacial score (nSPS) is 23.1. The fourth-order valence-corrected chi connectivity index (χ4v) is 3.01. The van der Waals surface area contributed by atoms with Crippen LogP contribution >= 0.6 is 0 Å². The number of carbonyl (C=O) groups is 3. The number of carbonyl (C=O) groups excluding carboxylic acids is 3. The van der Waals surface area contributed by atoms with Crippen LogP contribution < -0.4 is 5.32 Å². The topological polar surface area (TPSA) is 75.7 Å². The predicted molar refractivity (Wildman–Crippen MR) is 71.7 cm³/mol. The van der Waals surface area contributed by atoms with E-state index in [2.05, 4.69) is 10.1 Å². The first-order valence-electron chi connectivity index (χ1n) is 7.26. The van der Waals surface area contributed by atoms with E-state index in [1.165, 1.54) is 20.0 Å². The van der Waals surface area contributed by atoms with Crippen LogP contribution in [-0.4, -0.2) is 48.9 Å². The second-order valence-corrected chi connectivity index (χ2v) is 5.50. The summed E-state index contributed by atoms with van der Waals surface area (Å²) in [5, 5.41) is 2.70. The molecule has 2 fully saturated rings. The standard InChI is InChI=1S/C14H22N2O4/c1-20-13(18)6-7-15-14(19)10-8-12(17)16(9-10)11-4-2-3-5-11/h10-11H,2-9H2,1H3,(H,15,19)/t10-/m1/s1. The number of ether oxygens (including phenoxy) is 1. The highest BCUT2D eigenvalue weighted by atomic mass is 16.5. The van der Waals surface area contributed by atoms with E-state index in [0.717, 1.165) is 12.8 Å². The average molecular weight is 282 g/mol. The number of likely N-dealkylation sites (tertiary alicyclic amines) is 1. The van der Waals surface area contributed by atoms with Crippen molar-refractivity contribution in [1.29, 1.82) is 0 Å². The molecule has 1 aliphatic heterocycles. The Bertz CT molecular complexity index is 391. The van der Waals surface area contributed by atoms with Crippen molar-refractivity contribution in [3.05, 3.63) is 0 Å². The van der Waals surface area contributed by atoms with Crippen LogP contribution in [0.1, 0.15) is 38.5 Å². The average Bonchev–Trinajstić information content (AvgIpc) is 3.07. The lowest BCUT2D eigenvalue weighted by Gasteiger charge is -2.23. The number of esters is 1. The van der Waals surface area contributed by atoms with Gasteiger partial charge >= 0.3 is 5.97 Å². The summed E-state index contributed by atoms with van der Waals surface area (Å²) in [4.78, 5) is 36.8. The highest BCUT2D eigenvalue weighted by Gasteiger charge is 2.38. The molecule has 1 saturated carbocycles. The van der Waals surface area contributed by atoms with Crippen molar-refractivity contribution in [2.75, 3.05) is 20.2 Å². The maximum Gasteiger partial charge on any atom is 0.307 e. The maximum absolute atomic E-state index is 12.0. The van der Waals surface area contributed by atoms with Gasteiger partial charge in [-0.2, -0.15) is 0 Å². The summed E-state index contributed by atoms with van der Waals surface area (Å²) in [6.45, 7) is 0.785. The van der Waals surface area contributed by atoms with Gasteiger partial charge in [0.15, 0.2) is 0 Å². The number of hydrogen-bond donors (Lipinski definition) is 1. The van der Waals surface area contributed by atoms with Crippen molar-refractivity contribution in [3.63, 3.8) is 0 Å². The van der Waals surface area contributed by atoms with Crippen LogP contribution in [-0.2, 0) is 19.1 Å². The van der Waals surface area contributed by atoms with Crippen molar-refractivity contribution in [3.8, 4) is 0 Å². The molecule has 2 amide bonds. The minimum atomic E-state index is -0.347. The Labute approximate surface area is 118 Å². The number of amides is 2. The molecule has 0 spiro atoms. The quantitative estimate of drug-likeness (QED) is 0.743. The monoisotopic (exact) mass is 282 g/mol. The molecule has 2 rings (SSSR count). The van der Waals surface area contributed by atoms with Crippen molar-refractivity contribution in [1.82, 2.24) is 10.2 Å². The molecule has 0 unspecified atom stereocenters. The fourth-order valence-electron chi connectivity index (χ4n) is 3.01. The van der Waals surface area contributed by atoms with Crippen molar-refractivity contribution < 1.29 is 19.1 Å². The molecule has 1 N–H and O–H groups in total. The number of nitrogens with one attached hydrogen (secondary N) is 1. The Morgan fingerprint density at radius 1 is 1.35 bits per heavy atom. The minimum absolute atomic E-state index is 0.0880. The zero-order valence-corrected chi connectivity index (χ0v) is 11.9. The lowest BCUT2D eigenvalue weighted by molar-refractivity contribution is -0.140. The van der Waals surface area contributed by atoms with E-state index in [9.17, 15) is 14.4 Å². The van der Waals surface area contributed by atoms with E-state index in [-0.39, 0.29) is 36.7 Å². The maximum atomic E-state index is 12.0. The van der Waals surface area contributed by atoms with E-state index >= 15 is 0 Å². The highest BCUT2D eigenvalue weighted by Crippen LogP contribution is 2.29. The molecule has 6 heteroatoms. The molecule has 1 saturated heterocycles. The van der Waals surface area contributed by atoms with Gasteiger partial charge in [-0.3, -0.25) is 14.4 Å². The van der Waals surface area contributed by atoms with E-state index in [1.54, 1.807) is 0 Å². The third kappa shape index (κ3) is 3.49. The molecule has 0 aromatic carbocycles. The van der Waals surface area contributed by atoms with Crippen LogP contribution in [0.15, 0.2) is 0 Å². The molecular weight excluding hydrogens is 260 g/mol. The molecule has 6 nitrogen and oxygen atoms in total. The van der Waals surface area contributed by atoms with Crippen molar-refractivity contribution in [2.45, 2.75) is 44.6 Å². The van der Waals surface area contributed by atoms with Crippen LogP contribution in [0.25, 0.3) is 0 Å². The first kappa shape index (κ1) is 14.8. The Balaban J connectivity index is 1.77. The minimum Gasteiger partial charge on any atom is -0.469 e. The first-order valence-corrected chi connectivity index (χ1v) is 7.26. The van der Waals surface area contributed by atoms with Gasteiger partial charge in [0.2, 0.25) is 11.8 Å². The summed E-state index contributed by atoms with van der Waals surface area (Å²) in [5.41, 5.74) is 0. The number of methoxy groups -OCH3 is 1. The van der Waals surface area contributed by atoms with E-state index in [0.29, 0.717) is 19.0 Å². The lowest BCUT2D eigenvalue weighted by Crippen LogP contribution is -2.37. The van der Waals surface area contributed by atoms with Crippen molar-refractivity contribution in [2.24, 2.45) is 5.92 Å². The summed E-state index contributed by atoms with van der Waals surface area (Å²) in [7, 11) is 1.32. The van der Waals surface area contributed by atoms with Crippen LogP contribution in [0.3, 0.4) is 0 Å². The van der Waals surface area contributed by atoms with Gasteiger partial charge in [0, 0.05) is 25.6 Å². The Kier molecular flexibility index (Phi) is 4.98. The van der Waals surface area contributed by atoms with E-state index in [4.69, 9.17) is 0 Å². The molecule has 0 radical (unpaired) electrons. The molecule has 1 atom stereocenters. The van der Waals surface area contributed by atoms with Gasteiger partial charge in [-0.15, -0.1) is 0 Å². The summed E-state index contributed by atoms with van der Waals surface area (Å²) in [6.07, 6.45) is 4.91. The highest BCUT2D eigenvalue weighted by molar-refractivity contribution is 5.89. The molecule has 0 aromatic rings. The second kappa shape index (κ2) is 6.72. The summed E-state index contributed by atoms with van der Waals surface area (Å²) in [6, 6.07) is 0.329. The fraction of sp³-hybridized carbons (Fsp3) is 0.786. The van der Waals surface area contributed by atoms with Crippen LogP contribution in [0.5, 0.6) is 0 Å². The first-order chi connectivity index (χ1) is 9.61. The Hall–Kier alpha value is -1.59. The van der Waals surface area contributed by atoms with Crippen LogP contribution in [0.2, 0.25) is 0 Å². The zero-order valence-electron chi connectivity index (χ0n) is 11.9. The van der Waals surface area contributed by atoms with Crippen molar-refractivity contribution >= 4 is 17.8 Å². The zero-order chi connectivity index (χ0) is 14.5. The smallest absolute Gasteiger partial charge is 0.307 e. The van der Waals surface area contributed by atoms with E-state index in [1.807, 2.05) is 4.90 Å².